The molecule has 0 unspecified atom stereocenters. The summed E-state index contributed by atoms with van der Waals surface area (Å²) >= 11 is 0. The zero-order valence-corrected chi connectivity index (χ0v) is 10.5. The summed E-state index contributed by atoms with van der Waals surface area (Å²) in [7, 11) is 0. The van der Waals surface area contributed by atoms with E-state index in [2.05, 4.69) is 5.48 Å². The summed E-state index contributed by atoms with van der Waals surface area (Å²) in [4.78, 5) is 29.8. The summed E-state index contributed by atoms with van der Waals surface area (Å²) in [5, 5.41) is 0. The van der Waals surface area contributed by atoms with Gasteiger partial charge in [0.2, 0.25) is 5.91 Å². The third-order valence-corrected chi connectivity index (χ3v) is 2.98. The molecule has 0 aliphatic carbocycles. The van der Waals surface area contributed by atoms with Gasteiger partial charge in [-0.3, -0.25) is 4.79 Å². The maximum atomic E-state index is 11.7. The number of hydrogen-bond acceptors (Lipinski definition) is 5. The Morgan fingerprint density at radius 3 is 2.74 bits per heavy atom. The Labute approximate surface area is 111 Å². The second-order valence-corrected chi connectivity index (χ2v) is 4.47. The van der Waals surface area contributed by atoms with Gasteiger partial charge in [-0.1, -0.05) is 18.2 Å². The number of carbonyl (C=O) groups excluding carboxylic acids is 2. The number of nitrogens with zero attached hydrogens (tertiary/aromatic N) is 1. The molecule has 1 aromatic rings. The third-order valence-electron chi connectivity index (χ3n) is 2.98. The number of benzene rings is 1. The zero-order chi connectivity index (χ0) is 13.7. The van der Waals surface area contributed by atoms with Crippen LogP contribution in [0.4, 0.5) is 0 Å². The molecule has 1 saturated heterocycles. The van der Waals surface area contributed by atoms with E-state index in [1.165, 1.54) is 0 Å². The van der Waals surface area contributed by atoms with Gasteiger partial charge in [-0.05, 0) is 18.6 Å². The minimum Gasteiger partial charge on any atom is -0.366 e. The lowest BCUT2D eigenvalue weighted by atomic mass is 10.2. The van der Waals surface area contributed by atoms with Gasteiger partial charge in [0.25, 0.3) is 0 Å². The van der Waals surface area contributed by atoms with Crippen LogP contribution < -0.4 is 11.2 Å². The lowest BCUT2D eigenvalue weighted by molar-refractivity contribution is -0.130. The van der Waals surface area contributed by atoms with E-state index in [9.17, 15) is 9.59 Å². The first-order chi connectivity index (χ1) is 9.16. The molecule has 19 heavy (non-hydrogen) atoms. The van der Waals surface area contributed by atoms with Gasteiger partial charge in [0.1, 0.15) is 6.54 Å². The number of amides is 1. The number of hydrogen-bond donors (Lipinski definition) is 2. The number of hydroxylamine groups is 1. The van der Waals surface area contributed by atoms with Crippen LogP contribution in [0.25, 0.3) is 0 Å². The molecular formula is C13H17N3O3. The topological polar surface area (TPSA) is 84.7 Å². The molecule has 0 bridgehead atoms. The molecule has 102 valence electrons. The van der Waals surface area contributed by atoms with Crippen LogP contribution >= 0.6 is 0 Å². The fourth-order valence-corrected chi connectivity index (χ4v) is 1.92. The van der Waals surface area contributed by atoms with Gasteiger partial charge in [-0.15, -0.1) is 5.48 Å². The number of rotatable bonds is 4. The number of nitrogens with one attached hydrogen (secondary N) is 1. The van der Waals surface area contributed by atoms with Crippen molar-refractivity contribution < 1.29 is 14.4 Å². The van der Waals surface area contributed by atoms with Crippen molar-refractivity contribution in [3.8, 4) is 0 Å². The highest BCUT2D eigenvalue weighted by atomic mass is 16.7. The van der Waals surface area contributed by atoms with Crippen molar-refractivity contribution in [2.45, 2.75) is 12.5 Å². The van der Waals surface area contributed by atoms with Crippen molar-refractivity contribution in [1.29, 1.82) is 0 Å². The van der Waals surface area contributed by atoms with Crippen LogP contribution in [0, 0.1) is 0 Å². The van der Waals surface area contributed by atoms with Crippen LogP contribution in [0.3, 0.4) is 0 Å². The molecular weight excluding hydrogens is 246 g/mol. The summed E-state index contributed by atoms with van der Waals surface area (Å²) in [6, 6.07) is 8.64. The molecule has 1 atom stereocenters. The summed E-state index contributed by atoms with van der Waals surface area (Å²) in [5.41, 5.74) is 8.55. The second-order valence-electron chi connectivity index (χ2n) is 4.47. The molecule has 6 heteroatoms. The largest absolute Gasteiger partial charge is 0.366 e. The molecule has 0 spiro atoms. The summed E-state index contributed by atoms with van der Waals surface area (Å²) in [5.74, 6) is -0.625. The molecule has 1 heterocycles. The molecule has 3 N–H and O–H groups in total. The second kappa shape index (κ2) is 6.31. The van der Waals surface area contributed by atoms with Crippen molar-refractivity contribution in [3.63, 3.8) is 0 Å². The normalized spacial score (nSPS) is 18.4. The first-order valence-electron chi connectivity index (χ1n) is 6.19. The van der Waals surface area contributed by atoms with Crippen molar-refractivity contribution >= 4 is 11.9 Å². The van der Waals surface area contributed by atoms with Gasteiger partial charge in [-0.2, -0.15) is 0 Å². The number of likely N-dealkylation sites (tertiary alicyclic amines) is 1. The molecule has 1 aromatic carbocycles. The number of carbonyl (C=O) groups is 2. The average Bonchev–Trinajstić information content (AvgIpc) is 2.86. The first kappa shape index (κ1) is 13.5. The summed E-state index contributed by atoms with van der Waals surface area (Å²) < 4.78 is 0. The van der Waals surface area contributed by atoms with Gasteiger partial charge in [0.05, 0.1) is 5.56 Å². The molecule has 2 rings (SSSR count). The Kier molecular flexibility index (Phi) is 4.48. The third kappa shape index (κ3) is 3.77. The Balaban J connectivity index is 1.72. The lowest BCUT2D eigenvalue weighted by Gasteiger charge is -2.15. The maximum absolute atomic E-state index is 11.7. The zero-order valence-electron chi connectivity index (χ0n) is 10.5. The van der Waals surface area contributed by atoms with Crippen LogP contribution in [0.15, 0.2) is 30.3 Å². The molecule has 1 aliphatic heterocycles. The van der Waals surface area contributed by atoms with Crippen molar-refractivity contribution in [1.82, 2.24) is 10.4 Å². The Hall–Kier alpha value is -1.92. The quantitative estimate of drug-likeness (QED) is 0.741. The van der Waals surface area contributed by atoms with E-state index in [1.54, 1.807) is 29.2 Å². The van der Waals surface area contributed by atoms with Crippen LogP contribution in [-0.4, -0.2) is 42.5 Å². The van der Waals surface area contributed by atoms with E-state index in [4.69, 9.17) is 10.6 Å². The predicted molar refractivity (Wildman–Crippen MR) is 69.0 cm³/mol. The minimum absolute atomic E-state index is 0.0364. The molecule has 0 radical (unpaired) electrons. The smallest absolute Gasteiger partial charge is 0.356 e. The van der Waals surface area contributed by atoms with Gasteiger partial charge in [0.15, 0.2) is 0 Å². The van der Waals surface area contributed by atoms with Gasteiger partial charge in [0, 0.05) is 19.1 Å². The Bertz CT molecular complexity index is 450. The fraction of sp³-hybridized carbons (Fsp3) is 0.385. The van der Waals surface area contributed by atoms with Crippen molar-refractivity contribution in [3.05, 3.63) is 35.9 Å². The molecule has 0 aromatic heterocycles. The van der Waals surface area contributed by atoms with Gasteiger partial charge < -0.3 is 15.5 Å². The van der Waals surface area contributed by atoms with Crippen LogP contribution in [0.1, 0.15) is 16.8 Å². The van der Waals surface area contributed by atoms with E-state index in [0.717, 1.165) is 6.42 Å². The van der Waals surface area contributed by atoms with E-state index in [1.807, 2.05) is 6.07 Å². The van der Waals surface area contributed by atoms with Crippen LogP contribution in [-0.2, 0) is 9.63 Å². The predicted octanol–water partition coefficient (Wildman–Crippen LogP) is -0.0924. The van der Waals surface area contributed by atoms with Crippen LogP contribution in [0.5, 0.6) is 0 Å². The SMILES string of the molecule is N[C@H]1CCN(C(=O)CNOC(=O)c2ccccc2)C1. The van der Waals surface area contributed by atoms with E-state index < -0.39 is 5.97 Å². The Morgan fingerprint density at radius 2 is 2.11 bits per heavy atom. The highest BCUT2D eigenvalue weighted by molar-refractivity contribution is 5.89. The van der Waals surface area contributed by atoms with Crippen molar-refractivity contribution in [2.24, 2.45) is 5.73 Å². The maximum Gasteiger partial charge on any atom is 0.356 e. The van der Waals surface area contributed by atoms with Gasteiger partial charge >= 0.3 is 5.97 Å². The first-order valence-corrected chi connectivity index (χ1v) is 6.19. The lowest BCUT2D eigenvalue weighted by Crippen LogP contribution is -2.38. The van der Waals surface area contributed by atoms with E-state index in [0.29, 0.717) is 18.7 Å². The summed E-state index contributed by atoms with van der Waals surface area (Å²) in [6.45, 7) is 1.19. The van der Waals surface area contributed by atoms with E-state index >= 15 is 0 Å². The van der Waals surface area contributed by atoms with Crippen LogP contribution in [0.2, 0.25) is 0 Å². The van der Waals surface area contributed by atoms with E-state index in [-0.39, 0.29) is 18.5 Å². The molecule has 6 nitrogen and oxygen atoms in total. The molecule has 1 aliphatic rings. The highest BCUT2D eigenvalue weighted by Gasteiger charge is 2.23. The summed E-state index contributed by atoms with van der Waals surface area (Å²) in [6.07, 6.45) is 0.815. The standard InChI is InChI=1S/C13H17N3O3/c14-11-6-7-16(9-11)12(17)8-15-19-13(18)10-4-2-1-3-5-10/h1-5,11,15H,6-9,14H2/t11-/m0/s1. The fourth-order valence-electron chi connectivity index (χ4n) is 1.92. The highest BCUT2D eigenvalue weighted by Crippen LogP contribution is 2.06. The van der Waals surface area contributed by atoms with Gasteiger partial charge in [-0.25, -0.2) is 4.79 Å². The monoisotopic (exact) mass is 263 g/mol. The number of nitrogens with two attached hydrogens (primary N) is 1. The Morgan fingerprint density at radius 1 is 1.37 bits per heavy atom. The minimum atomic E-state index is -0.508. The average molecular weight is 263 g/mol. The van der Waals surface area contributed by atoms with Crippen molar-refractivity contribution in [2.75, 3.05) is 19.6 Å². The molecule has 1 fully saturated rings. The molecule has 1 amide bonds. The molecule has 0 saturated carbocycles.